The molecule has 1 aromatic carbocycles. The molecule has 0 radical (unpaired) electrons. The third-order valence-electron chi connectivity index (χ3n) is 3.45. The van der Waals surface area contributed by atoms with E-state index in [0.29, 0.717) is 24.1 Å². The number of sulfone groups is 1. The number of carbonyl (C=O) groups is 2. The molecular formula is C14H17NO5S. The summed E-state index contributed by atoms with van der Waals surface area (Å²) < 4.78 is 27.2. The fourth-order valence-corrected chi connectivity index (χ4v) is 4.11. The second kappa shape index (κ2) is 6.26. The van der Waals surface area contributed by atoms with Crippen LogP contribution in [0.4, 0.5) is 0 Å². The lowest BCUT2D eigenvalue weighted by molar-refractivity contribution is 0.0600. The van der Waals surface area contributed by atoms with E-state index >= 15 is 0 Å². The molecule has 0 aliphatic carbocycles. The maximum Gasteiger partial charge on any atom is 0.337 e. The largest absolute Gasteiger partial charge is 0.465 e. The summed E-state index contributed by atoms with van der Waals surface area (Å²) in [6, 6.07) is 6.10. The summed E-state index contributed by atoms with van der Waals surface area (Å²) in [6.45, 7) is 0.344. The molecule has 0 aromatic heterocycles. The van der Waals surface area contributed by atoms with Crippen molar-refractivity contribution in [2.45, 2.75) is 6.42 Å². The van der Waals surface area contributed by atoms with Crippen LogP contribution in [0.2, 0.25) is 0 Å². The smallest absolute Gasteiger partial charge is 0.337 e. The number of methoxy groups -OCH3 is 1. The van der Waals surface area contributed by atoms with Gasteiger partial charge in [-0.15, -0.1) is 0 Å². The highest BCUT2D eigenvalue weighted by molar-refractivity contribution is 7.91. The van der Waals surface area contributed by atoms with Crippen molar-refractivity contribution in [3.05, 3.63) is 35.4 Å². The van der Waals surface area contributed by atoms with Crippen molar-refractivity contribution >= 4 is 21.7 Å². The fourth-order valence-electron chi connectivity index (χ4n) is 2.25. The molecule has 1 unspecified atom stereocenters. The molecule has 0 saturated carbocycles. The summed E-state index contributed by atoms with van der Waals surface area (Å²) in [4.78, 5) is 23.2. The first-order valence-electron chi connectivity index (χ1n) is 6.58. The van der Waals surface area contributed by atoms with E-state index in [4.69, 9.17) is 0 Å². The van der Waals surface area contributed by atoms with E-state index in [0.717, 1.165) is 0 Å². The van der Waals surface area contributed by atoms with Gasteiger partial charge < -0.3 is 10.1 Å². The van der Waals surface area contributed by atoms with Crippen LogP contribution in [0.3, 0.4) is 0 Å². The minimum absolute atomic E-state index is 0.0201. The van der Waals surface area contributed by atoms with E-state index in [-0.39, 0.29) is 23.3 Å². The quantitative estimate of drug-likeness (QED) is 0.824. The topological polar surface area (TPSA) is 89.5 Å². The molecule has 1 aliphatic heterocycles. The molecule has 1 heterocycles. The van der Waals surface area contributed by atoms with E-state index in [1.54, 1.807) is 0 Å². The zero-order valence-corrected chi connectivity index (χ0v) is 12.5. The molecule has 114 valence electrons. The third kappa shape index (κ3) is 4.04. The summed E-state index contributed by atoms with van der Waals surface area (Å²) in [5, 5.41) is 2.72. The number of hydrogen-bond donors (Lipinski definition) is 1. The van der Waals surface area contributed by atoms with Crippen molar-refractivity contribution in [3.63, 3.8) is 0 Å². The fraction of sp³-hybridized carbons (Fsp3) is 0.429. The molecule has 21 heavy (non-hydrogen) atoms. The van der Waals surface area contributed by atoms with Crippen LogP contribution in [0.5, 0.6) is 0 Å². The van der Waals surface area contributed by atoms with Gasteiger partial charge in [0.1, 0.15) is 0 Å². The van der Waals surface area contributed by atoms with Crippen molar-refractivity contribution < 1.29 is 22.7 Å². The van der Waals surface area contributed by atoms with Crippen LogP contribution in [0.1, 0.15) is 27.1 Å². The predicted octanol–water partition coefficient (Wildman–Crippen LogP) is 0.638. The van der Waals surface area contributed by atoms with Crippen LogP contribution >= 0.6 is 0 Å². The molecule has 1 aliphatic rings. The van der Waals surface area contributed by atoms with Crippen LogP contribution in [0.25, 0.3) is 0 Å². The van der Waals surface area contributed by atoms with Gasteiger partial charge in [0.15, 0.2) is 9.84 Å². The summed E-state index contributed by atoms with van der Waals surface area (Å²) in [5.74, 6) is -0.433. The van der Waals surface area contributed by atoms with Gasteiger partial charge in [0.2, 0.25) is 0 Å². The molecule has 2 rings (SSSR count). The third-order valence-corrected chi connectivity index (χ3v) is 5.28. The van der Waals surface area contributed by atoms with Gasteiger partial charge >= 0.3 is 5.97 Å². The van der Waals surface area contributed by atoms with Crippen LogP contribution in [0, 0.1) is 5.92 Å². The maximum absolute atomic E-state index is 11.9. The van der Waals surface area contributed by atoms with E-state index in [2.05, 4.69) is 10.1 Å². The molecule has 1 saturated heterocycles. The Hall–Kier alpha value is -1.89. The molecule has 1 fully saturated rings. The van der Waals surface area contributed by atoms with Crippen molar-refractivity contribution in [3.8, 4) is 0 Å². The molecule has 0 spiro atoms. The van der Waals surface area contributed by atoms with Gasteiger partial charge in [-0.05, 0) is 36.6 Å². The Balaban J connectivity index is 1.90. The van der Waals surface area contributed by atoms with Crippen molar-refractivity contribution in [2.24, 2.45) is 5.92 Å². The number of esters is 1. The Morgan fingerprint density at radius 1 is 1.24 bits per heavy atom. The van der Waals surface area contributed by atoms with Crippen molar-refractivity contribution in [2.75, 3.05) is 25.2 Å². The number of benzene rings is 1. The van der Waals surface area contributed by atoms with Crippen LogP contribution in [0.15, 0.2) is 24.3 Å². The average Bonchev–Trinajstić information content (AvgIpc) is 2.83. The monoisotopic (exact) mass is 311 g/mol. The highest BCUT2D eigenvalue weighted by atomic mass is 32.2. The van der Waals surface area contributed by atoms with Gasteiger partial charge in [0.05, 0.1) is 24.2 Å². The van der Waals surface area contributed by atoms with Crippen molar-refractivity contribution in [1.29, 1.82) is 0 Å². The predicted molar refractivity (Wildman–Crippen MR) is 76.9 cm³/mol. The molecule has 0 bridgehead atoms. The van der Waals surface area contributed by atoms with Gasteiger partial charge in [-0.1, -0.05) is 0 Å². The summed E-state index contributed by atoms with van der Waals surface area (Å²) in [6.07, 6.45) is 0.587. The van der Waals surface area contributed by atoms with Gasteiger partial charge in [-0.25, -0.2) is 13.2 Å². The lowest BCUT2D eigenvalue weighted by atomic mass is 10.1. The lowest BCUT2D eigenvalue weighted by Crippen LogP contribution is -2.29. The Bertz CT molecular complexity index is 636. The standard InChI is InChI=1S/C14H17NO5S/c1-20-14(17)12-4-2-11(3-5-12)13(16)15-8-10-6-7-21(18,19)9-10/h2-5,10H,6-9H2,1H3,(H,15,16). The number of nitrogens with one attached hydrogen (secondary N) is 1. The highest BCUT2D eigenvalue weighted by Crippen LogP contribution is 2.17. The minimum atomic E-state index is -2.93. The summed E-state index contributed by atoms with van der Waals surface area (Å²) in [5.41, 5.74) is 0.791. The number of amides is 1. The summed E-state index contributed by atoms with van der Waals surface area (Å²) in [7, 11) is -1.64. The number of rotatable bonds is 4. The lowest BCUT2D eigenvalue weighted by Gasteiger charge is -2.09. The second-order valence-electron chi connectivity index (χ2n) is 5.05. The zero-order valence-electron chi connectivity index (χ0n) is 11.7. The van der Waals surface area contributed by atoms with E-state index in [1.807, 2.05) is 0 Å². The van der Waals surface area contributed by atoms with E-state index in [9.17, 15) is 18.0 Å². The Morgan fingerprint density at radius 3 is 2.38 bits per heavy atom. The first-order valence-corrected chi connectivity index (χ1v) is 8.40. The van der Waals surface area contributed by atoms with Crippen LogP contribution in [-0.4, -0.2) is 45.5 Å². The first-order chi connectivity index (χ1) is 9.91. The number of ether oxygens (including phenoxy) is 1. The molecule has 1 N–H and O–H groups in total. The maximum atomic E-state index is 11.9. The summed E-state index contributed by atoms with van der Waals surface area (Å²) >= 11 is 0. The highest BCUT2D eigenvalue weighted by Gasteiger charge is 2.27. The molecule has 1 aromatic rings. The zero-order chi connectivity index (χ0) is 15.5. The van der Waals surface area contributed by atoms with Crippen LogP contribution in [-0.2, 0) is 14.6 Å². The molecule has 7 heteroatoms. The van der Waals surface area contributed by atoms with E-state index in [1.165, 1.54) is 31.4 Å². The first kappa shape index (κ1) is 15.5. The molecule has 1 amide bonds. The van der Waals surface area contributed by atoms with Gasteiger partial charge in [-0.3, -0.25) is 4.79 Å². The molecule has 1 atom stereocenters. The molecular weight excluding hydrogens is 294 g/mol. The van der Waals surface area contributed by atoms with Gasteiger partial charge in [0, 0.05) is 12.1 Å². The second-order valence-corrected chi connectivity index (χ2v) is 7.28. The average molecular weight is 311 g/mol. The minimum Gasteiger partial charge on any atom is -0.465 e. The number of hydrogen-bond acceptors (Lipinski definition) is 5. The van der Waals surface area contributed by atoms with Crippen molar-refractivity contribution in [1.82, 2.24) is 5.32 Å². The Morgan fingerprint density at radius 2 is 1.86 bits per heavy atom. The number of carbonyl (C=O) groups excluding carboxylic acids is 2. The SMILES string of the molecule is COC(=O)c1ccc(C(=O)NCC2CCS(=O)(=O)C2)cc1. The van der Waals surface area contributed by atoms with Gasteiger partial charge in [-0.2, -0.15) is 0 Å². The van der Waals surface area contributed by atoms with Crippen LogP contribution < -0.4 is 5.32 Å². The van der Waals surface area contributed by atoms with Gasteiger partial charge in [0.25, 0.3) is 5.91 Å². The Labute approximate surface area is 123 Å². The molecule has 6 nitrogen and oxygen atoms in total. The normalized spacial score (nSPS) is 20.0. The van der Waals surface area contributed by atoms with E-state index < -0.39 is 15.8 Å². The Kier molecular flexibility index (Phi) is 4.62.